The highest BCUT2D eigenvalue weighted by Crippen LogP contribution is 2.42. The lowest BCUT2D eigenvalue weighted by atomic mass is 10.1. The van der Waals surface area contributed by atoms with Crippen molar-refractivity contribution >= 4 is 63.8 Å². The number of carbonyl (C=O) groups is 2. The van der Waals surface area contributed by atoms with Gasteiger partial charge in [-0.25, -0.2) is 4.90 Å². The summed E-state index contributed by atoms with van der Waals surface area (Å²) in [6.07, 6.45) is 3.80. The molecule has 0 radical (unpaired) electrons. The molecule has 0 saturated carbocycles. The monoisotopic (exact) mass is 432 g/mol. The summed E-state index contributed by atoms with van der Waals surface area (Å²) in [6, 6.07) is 7.71. The Morgan fingerprint density at radius 3 is 2.27 bits per heavy atom. The SMILES string of the molecule is Cc1ccc(/C=C2\SC(=O)N([C@@H](N3CCCCC3)C(Cl)(Cl)Cl)C2=O)cc1. The second-order valence-electron chi connectivity index (χ2n) is 6.47. The molecule has 26 heavy (non-hydrogen) atoms. The van der Waals surface area contributed by atoms with Crippen LogP contribution in [0.15, 0.2) is 29.2 Å². The number of amides is 2. The van der Waals surface area contributed by atoms with Gasteiger partial charge in [0.2, 0.25) is 3.79 Å². The third-order valence-electron chi connectivity index (χ3n) is 4.47. The molecule has 1 atom stereocenters. The average molecular weight is 434 g/mol. The smallest absolute Gasteiger partial charge is 0.279 e. The summed E-state index contributed by atoms with van der Waals surface area (Å²) >= 11 is 19.4. The molecule has 2 aliphatic rings. The molecule has 2 aliphatic heterocycles. The Morgan fingerprint density at radius 1 is 1.08 bits per heavy atom. The van der Waals surface area contributed by atoms with E-state index in [4.69, 9.17) is 34.8 Å². The Kier molecular flexibility index (Phi) is 6.25. The minimum Gasteiger partial charge on any atom is -0.279 e. The maximum absolute atomic E-state index is 12.9. The van der Waals surface area contributed by atoms with Crippen molar-refractivity contribution in [3.63, 3.8) is 0 Å². The number of nitrogens with zero attached hydrogens (tertiary/aromatic N) is 2. The van der Waals surface area contributed by atoms with E-state index in [0.29, 0.717) is 18.0 Å². The molecule has 0 unspecified atom stereocenters. The van der Waals surface area contributed by atoms with Gasteiger partial charge in [-0.1, -0.05) is 71.1 Å². The van der Waals surface area contributed by atoms with Crippen LogP contribution in [0.1, 0.15) is 30.4 Å². The van der Waals surface area contributed by atoms with Gasteiger partial charge in [0.05, 0.1) is 4.91 Å². The largest absolute Gasteiger partial charge is 0.295 e. The highest BCUT2D eigenvalue weighted by molar-refractivity contribution is 8.18. The van der Waals surface area contributed by atoms with E-state index in [-0.39, 0.29) is 0 Å². The van der Waals surface area contributed by atoms with Crippen LogP contribution in [0.25, 0.3) is 6.08 Å². The summed E-state index contributed by atoms with van der Waals surface area (Å²) in [5, 5.41) is -0.407. The fraction of sp³-hybridized carbons (Fsp3) is 0.444. The molecule has 2 amide bonds. The molecular formula is C18H19Cl3N2O2S. The Labute approximate surface area is 172 Å². The Morgan fingerprint density at radius 2 is 1.69 bits per heavy atom. The Bertz CT molecular complexity index is 725. The number of imide groups is 1. The summed E-state index contributed by atoms with van der Waals surface area (Å²) in [7, 11) is 0. The van der Waals surface area contributed by atoms with Gasteiger partial charge < -0.3 is 0 Å². The second-order valence-corrected chi connectivity index (χ2v) is 9.84. The number of carbonyl (C=O) groups excluding carboxylic acids is 2. The molecule has 1 aromatic carbocycles. The zero-order valence-electron chi connectivity index (χ0n) is 14.3. The number of piperidine rings is 1. The number of thioether (sulfide) groups is 1. The summed E-state index contributed by atoms with van der Waals surface area (Å²) in [5.41, 5.74) is 1.97. The number of aryl methyl sites for hydroxylation is 1. The van der Waals surface area contributed by atoms with E-state index in [0.717, 1.165) is 47.1 Å². The minimum atomic E-state index is -1.78. The Hall–Kier alpha value is -0.720. The number of alkyl halides is 3. The zero-order valence-corrected chi connectivity index (χ0v) is 17.3. The number of rotatable bonds is 3. The van der Waals surface area contributed by atoms with Crippen LogP contribution in [-0.4, -0.2) is 44.0 Å². The van der Waals surface area contributed by atoms with Crippen molar-refractivity contribution in [2.75, 3.05) is 13.1 Å². The van der Waals surface area contributed by atoms with Crippen molar-refractivity contribution in [3.05, 3.63) is 40.3 Å². The number of likely N-dealkylation sites (tertiary alicyclic amines) is 1. The summed E-state index contributed by atoms with van der Waals surface area (Å²) < 4.78 is -1.78. The standard InChI is InChI=1S/C18H19Cl3N2O2S/c1-12-5-7-13(8-6-12)11-14-15(24)23(17(25)26-14)16(18(19,20)21)22-9-3-2-4-10-22/h5-8,11,16H,2-4,9-10H2,1H3/b14-11-/t16-/m1/s1. The molecule has 1 aromatic rings. The third-order valence-corrected chi connectivity index (χ3v) is 5.94. The van der Waals surface area contributed by atoms with Crippen LogP contribution in [0.4, 0.5) is 4.79 Å². The van der Waals surface area contributed by atoms with E-state index in [1.807, 2.05) is 36.1 Å². The lowest BCUT2D eigenvalue weighted by molar-refractivity contribution is -0.127. The van der Waals surface area contributed by atoms with E-state index in [1.54, 1.807) is 6.08 Å². The van der Waals surface area contributed by atoms with Crippen LogP contribution in [-0.2, 0) is 4.79 Å². The number of hydrogen-bond acceptors (Lipinski definition) is 4. The van der Waals surface area contributed by atoms with Gasteiger partial charge in [0.15, 0.2) is 0 Å². The molecule has 3 rings (SSSR count). The van der Waals surface area contributed by atoms with E-state index >= 15 is 0 Å². The third kappa shape index (κ3) is 4.39. The predicted octanol–water partition coefficient (Wildman–Crippen LogP) is 5.21. The van der Waals surface area contributed by atoms with Gasteiger partial charge in [-0.2, -0.15) is 0 Å². The van der Waals surface area contributed by atoms with Crippen molar-refractivity contribution in [1.82, 2.24) is 9.80 Å². The topological polar surface area (TPSA) is 40.6 Å². The predicted molar refractivity (Wildman–Crippen MR) is 108 cm³/mol. The summed E-state index contributed by atoms with van der Waals surface area (Å²) in [6.45, 7) is 3.37. The van der Waals surface area contributed by atoms with Crippen molar-refractivity contribution in [2.24, 2.45) is 0 Å². The molecule has 4 nitrogen and oxygen atoms in total. The van der Waals surface area contributed by atoms with E-state index < -0.39 is 21.1 Å². The van der Waals surface area contributed by atoms with Crippen molar-refractivity contribution in [1.29, 1.82) is 0 Å². The molecule has 2 fully saturated rings. The molecular weight excluding hydrogens is 415 g/mol. The van der Waals surface area contributed by atoms with E-state index in [9.17, 15) is 9.59 Å². The van der Waals surface area contributed by atoms with Gasteiger partial charge in [-0.3, -0.25) is 14.5 Å². The fourth-order valence-corrected chi connectivity index (χ4v) is 4.74. The van der Waals surface area contributed by atoms with Crippen molar-refractivity contribution < 1.29 is 9.59 Å². The van der Waals surface area contributed by atoms with Gasteiger partial charge in [-0.05, 0) is 43.2 Å². The quantitative estimate of drug-likeness (QED) is 0.484. The normalized spacial score (nSPS) is 22.3. The number of halogens is 3. The lowest BCUT2D eigenvalue weighted by Crippen LogP contribution is -2.58. The highest BCUT2D eigenvalue weighted by atomic mass is 35.6. The first kappa shape index (κ1) is 20.0. The molecule has 2 heterocycles. The maximum Gasteiger partial charge on any atom is 0.295 e. The van der Waals surface area contributed by atoms with Gasteiger partial charge in [0.25, 0.3) is 11.1 Å². The van der Waals surface area contributed by atoms with Crippen LogP contribution in [0.3, 0.4) is 0 Å². The molecule has 140 valence electrons. The molecule has 0 bridgehead atoms. The minimum absolute atomic E-state index is 0.343. The molecule has 0 aromatic heterocycles. The fourth-order valence-electron chi connectivity index (χ4n) is 3.18. The lowest BCUT2D eigenvalue weighted by Gasteiger charge is -2.41. The first-order chi connectivity index (χ1) is 12.3. The number of benzene rings is 1. The van der Waals surface area contributed by atoms with E-state index in [2.05, 4.69) is 0 Å². The van der Waals surface area contributed by atoms with E-state index in [1.165, 1.54) is 0 Å². The van der Waals surface area contributed by atoms with Crippen LogP contribution in [0, 0.1) is 6.92 Å². The highest BCUT2D eigenvalue weighted by Gasteiger charge is 2.50. The molecule has 0 spiro atoms. The van der Waals surface area contributed by atoms with Crippen LogP contribution in [0.5, 0.6) is 0 Å². The van der Waals surface area contributed by atoms with Gasteiger partial charge >= 0.3 is 0 Å². The average Bonchev–Trinajstić information content (AvgIpc) is 2.85. The summed E-state index contributed by atoms with van der Waals surface area (Å²) in [4.78, 5) is 28.9. The second kappa shape index (κ2) is 8.11. The Balaban J connectivity index is 1.89. The van der Waals surface area contributed by atoms with Crippen molar-refractivity contribution in [3.8, 4) is 0 Å². The van der Waals surface area contributed by atoms with Gasteiger partial charge in [0.1, 0.15) is 6.17 Å². The van der Waals surface area contributed by atoms with Gasteiger partial charge in [0, 0.05) is 13.1 Å². The molecule has 0 N–H and O–H groups in total. The zero-order chi connectivity index (χ0) is 18.9. The molecule has 0 aliphatic carbocycles. The first-order valence-electron chi connectivity index (χ1n) is 8.42. The van der Waals surface area contributed by atoms with Crippen molar-refractivity contribution in [2.45, 2.75) is 36.1 Å². The van der Waals surface area contributed by atoms with Crippen LogP contribution in [0.2, 0.25) is 0 Å². The molecule has 8 heteroatoms. The maximum atomic E-state index is 12.9. The summed E-state index contributed by atoms with van der Waals surface area (Å²) in [5.74, 6) is -0.414. The first-order valence-corrected chi connectivity index (χ1v) is 10.4. The number of hydrogen-bond donors (Lipinski definition) is 0. The van der Waals surface area contributed by atoms with Gasteiger partial charge in [-0.15, -0.1) is 0 Å². The van der Waals surface area contributed by atoms with Crippen LogP contribution >= 0.6 is 46.6 Å². The van der Waals surface area contributed by atoms with Crippen LogP contribution < -0.4 is 0 Å². The molecule has 2 saturated heterocycles.